The second-order valence-electron chi connectivity index (χ2n) is 4.27. The van der Waals surface area contributed by atoms with E-state index in [-0.39, 0.29) is 5.78 Å². The molecule has 2 heteroatoms. The third kappa shape index (κ3) is 3.95. The van der Waals surface area contributed by atoms with Crippen LogP contribution < -0.4 is 0 Å². The average Bonchev–Trinajstić information content (AvgIpc) is 2.40. The summed E-state index contributed by atoms with van der Waals surface area (Å²) in [4.78, 5) is 11.9. The smallest absolute Gasteiger partial charge is 0.162 e. The lowest BCUT2D eigenvalue weighted by atomic mass is 10.0. The normalized spacial score (nSPS) is 10.3. The van der Waals surface area contributed by atoms with Crippen LogP contribution in [0.25, 0.3) is 0 Å². The lowest BCUT2D eigenvalue weighted by molar-refractivity contribution is 0.0980. The van der Waals surface area contributed by atoms with Crippen molar-refractivity contribution in [3.8, 4) is 0 Å². The zero-order valence-corrected chi connectivity index (χ0v) is 12.3. The standard InChI is InChI=1S/C16H15IO/c17-15-11-9-14(10-12-15)16(18)8-4-7-13-5-2-1-3-6-13/h1-3,5-6,9-12H,4,7-8H2. The summed E-state index contributed by atoms with van der Waals surface area (Å²) in [6, 6.07) is 18.1. The van der Waals surface area contributed by atoms with E-state index < -0.39 is 0 Å². The van der Waals surface area contributed by atoms with Crippen molar-refractivity contribution in [1.29, 1.82) is 0 Å². The van der Waals surface area contributed by atoms with Crippen molar-refractivity contribution in [3.05, 3.63) is 69.3 Å². The van der Waals surface area contributed by atoms with Gasteiger partial charge in [-0.2, -0.15) is 0 Å². The van der Waals surface area contributed by atoms with E-state index in [1.54, 1.807) is 0 Å². The van der Waals surface area contributed by atoms with Gasteiger partial charge in [-0.3, -0.25) is 4.79 Å². The zero-order chi connectivity index (χ0) is 12.8. The number of aryl methyl sites for hydroxylation is 1. The second kappa shape index (κ2) is 6.69. The van der Waals surface area contributed by atoms with Crippen LogP contribution in [0.5, 0.6) is 0 Å². The summed E-state index contributed by atoms with van der Waals surface area (Å²) < 4.78 is 1.16. The van der Waals surface area contributed by atoms with Gasteiger partial charge in [0.05, 0.1) is 0 Å². The van der Waals surface area contributed by atoms with Gasteiger partial charge in [-0.05, 0) is 53.1 Å². The Kier molecular flexibility index (Phi) is 4.93. The lowest BCUT2D eigenvalue weighted by Crippen LogP contribution is -1.99. The molecule has 0 saturated carbocycles. The number of ketones is 1. The maximum atomic E-state index is 11.9. The quantitative estimate of drug-likeness (QED) is 0.573. The zero-order valence-electron chi connectivity index (χ0n) is 10.1. The Balaban J connectivity index is 1.84. The molecule has 0 spiro atoms. The number of Topliss-reactive ketones (excluding diaryl/α,β-unsaturated/α-hetero) is 1. The highest BCUT2D eigenvalue weighted by Crippen LogP contribution is 2.11. The molecular formula is C16H15IO. The van der Waals surface area contributed by atoms with E-state index in [0.29, 0.717) is 6.42 Å². The van der Waals surface area contributed by atoms with E-state index in [2.05, 4.69) is 34.7 Å². The van der Waals surface area contributed by atoms with Crippen molar-refractivity contribution in [1.82, 2.24) is 0 Å². The van der Waals surface area contributed by atoms with Gasteiger partial charge in [-0.1, -0.05) is 42.5 Å². The fraction of sp³-hybridized carbons (Fsp3) is 0.188. The summed E-state index contributed by atoms with van der Waals surface area (Å²) in [6.07, 6.45) is 2.50. The maximum absolute atomic E-state index is 11.9. The predicted molar refractivity (Wildman–Crippen MR) is 82.9 cm³/mol. The number of benzene rings is 2. The molecule has 2 aromatic rings. The molecule has 18 heavy (non-hydrogen) atoms. The number of hydrogen-bond acceptors (Lipinski definition) is 1. The molecule has 0 fully saturated rings. The van der Waals surface area contributed by atoms with Gasteiger partial charge in [0.1, 0.15) is 0 Å². The number of rotatable bonds is 5. The fourth-order valence-electron chi connectivity index (χ4n) is 1.88. The Hall–Kier alpha value is -1.16. The molecule has 0 heterocycles. The predicted octanol–water partition coefficient (Wildman–Crippen LogP) is 4.50. The second-order valence-corrected chi connectivity index (χ2v) is 5.51. The molecule has 0 aliphatic rings. The van der Waals surface area contributed by atoms with Gasteiger partial charge in [0, 0.05) is 15.6 Å². The van der Waals surface area contributed by atoms with Gasteiger partial charge in [-0.15, -0.1) is 0 Å². The summed E-state index contributed by atoms with van der Waals surface area (Å²) in [5, 5.41) is 0. The first-order valence-corrected chi connectivity index (χ1v) is 7.16. The topological polar surface area (TPSA) is 17.1 Å². The molecule has 0 atom stereocenters. The third-order valence-electron chi connectivity index (χ3n) is 2.88. The van der Waals surface area contributed by atoms with Crippen molar-refractivity contribution in [2.45, 2.75) is 19.3 Å². The SMILES string of the molecule is O=C(CCCc1ccccc1)c1ccc(I)cc1. The Morgan fingerprint density at radius 1 is 0.944 bits per heavy atom. The van der Waals surface area contributed by atoms with E-state index in [4.69, 9.17) is 0 Å². The molecule has 2 aromatic carbocycles. The monoisotopic (exact) mass is 350 g/mol. The Morgan fingerprint density at radius 3 is 2.28 bits per heavy atom. The number of halogens is 1. The van der Waals surface area contributed by atoms with Crippen LogP contribution in [0.1, 0.15) is 28.8 Å². The first kappa shape index (κ1) is 13.3. The van der Waals surface area contributed by atoms with Crippen molar-refractivity contribution in [2.75, 3.05) is 0 Å². The molecule has 0 radical (unpaired) electrons. The molecule has 1 nitrogen and oxygen atoms in total. The lowest BCUT2D eigenvalue weighted by Gasteiger charge is -2.02. The summed E-state index contributed by atoms with van der Waals surface area (Å²) in [5.74, 6) is 0.238. The van der Waals surface area contributed by atoms with E-state index in [0.717, 1.165) is 22.0 Å². The van der Waals surface area contributed by atoms with E-state index >= 15 is 0 Å². The van der Waals surface area contributed by atoms with Crippen LogP contribution in [-0.2, 0) is 6.42 Å². The Morgan fingerprint density at radius 2 is 1.61 bits per heavy atom. The van der Waals surface area contributed by atoms with Crippen molar-refractivity contribution >= 4 is 28.4 Å². The molecule has 0 unspecified atom stereocenters. The van der Waals surface area contributed by atoms with Crippen LogP contribution in [0, 0.1) is 3.57 Å². The van der Waals surface area contributed by atoms with Crippen LogP contribution in [0.4, 0.5) is 0 Å². The maximum Gasteiger partial charge on any atom is 0.162 e. The van der Waals surface area contributed by atoms with Gasteiger partial charge in [0.15, 0.2) is 5.78 Å². The van der Waals surface area contributed by atoms with E-state index in [9.17, 15) is 4.79 Å². The Bertz CT molecular complexity index is 502. The molecule has 0 aromatic heterocycles. The van der Waals surface area contributed by atoms with Crippen LogP contribution in [-0.4, -0.2) is 5.78 Å². The minimum atomic E-state index is 0.238. The Labute approximate surface area is 121 Å². The van der Waals surface area contributed by atoms with Crippen LogP contribution in [0.2, 0.25) is 0 Å². The van der Waals surface area contributed by atoms with E-state index in [1.165, 1.54) is 5.56 Å². The first-order valence-electron chi connectivity index (χ1n) is 6.08. The summed E-state index contributed by atoms with van der Waals surface area (Å²) in [7, 11) is 0. The van der Waals surface area contributed by atoms with Gasteiger partial charge >= 0.3 is 0 Å². The largest absolute Gasteiger partial charge is 0.294 e. The first-order chi connectivity index (χ1) is 8.75. The van der Waals surface area contributed by atoms with Crippen LogP contribution in [0.3, 0.4) is 0 Å². The van der Waals surface area contributed by atoms with Crippen LogP contribution in [0.15, 0.2) is 54.6 Å². The minimum Gasteiger partial charge on any atom is -0.294 e. The van der Waals surface area contributed by atoms with Crippen molar-refractivity contribution < 1.29 is 4.79 Å². The highest BCUT2D eigenvalue weighted by molar-refractivity contribution is 14.1. The van der Waals surface area contributed by atoms with Gasteiger partial charge in [-0.25, -0.2) is 0 Å². The average molecular weight is 350 g/mol. The molecular weight excluding hydrogens is 335 g/mol. The number of carbonyl (C=O) groups excluding carboxylic acids is 1. The highest BCUT2D eigenvalue weighted by Gasteiger charge is 2.05. The summed E-state index contributed by atoms with van der Waals surface area (Å²) >= 11 is 2.25. The minimum absolute atomic E-state index is 0.238. The van der Waals surface area contributed by atoms with Crippen molar-refractivity contribution in [2.24, 2.45) is 0 Å². The molecule has 2 rings (SSSR count). The van der Waals surface area contributed by atoms with Gasteiger partial charge in [0.2, 0.25) is 0 Å². The van der Waals surface area contributed by atoms with Crippen molar-refractivity contribution in [3.63, 3.8) is 0 Å². The van der Waals surface area contributed by atoms with Crippen LogP contribution >= 0.6 is 22.6 Å². The molecule has 0 aliphatic heterocycles. The molecule has 0 amide bonds. The molecule has 92 valence electrons. The fourth-order valence-corrected chi connectivity index (χ4v) is 2.24. The molecule has 0 N–H and O–H groups in total. The molecule has 0 bridgehead atoms. The summed E-state index contributed by atoms with van der Waals surface area (Å²) in [6.45, 7) is 0. The molecule has 0 aliphatic carbocycles. The third-order valence-corrected chi connectivity index (χ3v) is 3.60. The van der Waals surface area contributed by atoms with E-state index in [1.807, 2.05) is 42.5 Å². The molecule has 0 saturated heterocycles. The summed E-state index contributed by atoms with van der Waals surface area (Å²) in [5.41, 5.74) is 2.12. The van der Waals surface area contributed by atoms with Gasteiger partial charge < -0.3 is 0 Å². The number of carbonyl (C=O) groups is 1. The van der Waals surface area contributed by atoms with Gasteiger partial charge in [0.25, 0.3) is 0 Å². The highest BCUT2D eigenvalue weighted by atomic mass is 127. The number of hydrogen-bond donors (Lipinski definition) is 0.